The minimum atomic E-state index is -0.360. The van der Waals surface area contributed by atoms with Crippen LogP contribution in [-0.2, 0) is 6.54 Å². The molecule has 3 rings (SSSR count). The third-order valence-corrected chi connectivity index (χ3v) is 4.19. The third-order valence-electron chi connectivity index (χ3n) is 4.19. The summed E-state index contributed by atoms with van der Waals surface area (Å²) < 4.78 is 5.60. The third kappa shape index (κ3) is 1.93. The number of nitrogen functional groups attached to an aromatic ring is 1. The van der Waals surface area contributed by atoms with Crippen molar-refractivity contribution in [1.29, 1.82) is 0 Å². The quantitative estimate of drug-likeness (QED) is 0.479. The molecule has 1 amide bonds. The van der Waals surface area contributed by atoms with Crippen molar-refractivity contribution in [2.24, 2.45) is 11.8 Å². The summed E-state index contributed by atoms with van der Waals surface area (Å²) in [6, 6.07) is 2.66. The molecule has 1 aliphatic carbocycles. The van der Waals surface area contributed by atoms with Crippen LogP contribution in [0.4, 0.5) is 0 Å². The van der Waals surface area contributed by atoms with E-state index in [9.17, 15) is 4.79 Å². The highest BCUT2D eigenvalue weighted by Gasteiger charge is 2.37. The number of hydrogen-bond acceptors (Lipinski definition) is 4. The van der Waals surface area contributed by atoms with Gasteiger partial charge in [-0.15, -0.1) is 0 Å². The van der Waals surface area contributed by atoms with Crippen LogP contribution in [0.1, 0.15) is 41.1 Å². The van der Waals surface area contributed by atoms with Crippen molar-refractivity contribution in [3.05, 3.63) is 23.2 Å². The van der Waals surface area contributed by atoms with Crippen molar-refractivity contribution in [1.82, 2.24) is 10.3 Å². The lowest BCUT2D eigenvalue weighted by molar-refractivity contribution is 0.0920. The van der Waals surface area contributed by atoms with Crippen molar-refractivity contribution in [3.63, 3.8) is 0 Å². The van der Waals surface area contributed by atoms with Crippen molar-refractivity contribution in [3.8, 4) is 0 Å². The fraction of sp³-hybridized carbons (Fsp3) is 0.615. The van der Waals surface area contributed by atoms with Crippen LogP contribution in [0.5, 0.6) is 0 Å². The number of nitrogens with zero attached hydrogens (tertiary/aromatic N) is 1. The molecule has 2 bridgehead atoms. The maximum atomic E-state index is 11.5. The summed E-state index contributed by atoms with van der Waals surface area (Å²) in [5, 5.41) is 0. The molecule has 0 radical (unpaired) electrons. The highest BCUT2D eigenvalue weighted by molar-refractivity contribution is 5.92. The molecule has 5 nitrogen and oxygen atoms in total. The second-order valence-electron chi connectivity index (χ2n) is 5.46. The predicted octanol–water partition coefficient (Wildman–Crippen LogP) is 1.18. The number of hydrazine groups is 1. The monoisotopic (exact) mass is 249 g/mol. The number of piperidine rings is 1. The Bertz CT molecular complexity index is 469. The summed E-state index contributed by atoms with van der Waals surface area (Å²) in [5.74, 6) is 6.83. The van der Waals surface area contributed by atoms with E-state index in [4.69, 9.17) is 10.3 Å². The van der Waals surface area contributed by atoms with Crippen LogP contribution in [0.3, 0.4) is 0 Å². The molecule has 1 saturated carbocycles. The van der Waals surface area contributed by atoms with Crippen molar-refractivity contribution in [2.75, 3.05) is 6.54 Å². The van der Waals surface area contributed by atoms with Crippen molar-refractivity contribution < 1.29 is 9.21 Å². The number of likely N-dealkylation sites (tertiary alicyclic amines) is 1. The first-order valence-corrected chi connectivity index (χ1v) is 6.51. The first kappa shape index (κ1) is 11.7. The Morgan fingerprint density at radius 2 is 2.44 bits per heavy atom. The molecule has 2 heterocycles. The lowest BCUT2D eigenvalue weighted by Gasteiger charge is -2.25. The lowest BCUT2D eigenvalue weighted by atomic mass is 10.1. The second-order valence-corrected chi connectivity index (χ2v) is 5.46. The molecule has 0 aromatic carbocycles. The van der Waals surface area contributed by atoms with Gasteiger partial charge in [0.05, 0.1) is 6.54 Å². The zero-order valence-electron chi connectivity index (χ0n) is 10.6. The number of hydrogen-bond donors (Lipinski definition) is 2. The molecule has 18 heavy (non-hydrogen) atoms. The molecule has 1 saturated heterocycles. The van der Waals surface area contributed by atoms with Crippen LogP contribution in [0, 0.1) is 12.8 Å². The predicted molar refractivity (Wildman–Crippen MR) is 66.6 cm³/mol. The number of nitrogens with two attached hydrogens (primary N) is 1. The summed E-state index contributed by atoms with van der Waals surface area (Å²) in [7, 11) is 0. The van der Waals surface area contributed by atoms with E-state index in [1.807, 2.05) is 13.0 Å². The molecule has 1 aromatic rings. The van der Waals surface area contributed by atoms with E-state index in [1.165, 1.54) is 25.8 Å². The van der Waals surface area contributed by atoms with E-state index in [-0.39, 0.29) is 5.91 Å². The Hall–Kier alpha value is -1.33. The summed E-state index contributed by atoms with van der Waals surface area (Å²) in [5.41, 5.74) is 2.95. The average molecular weight is 249 g/mol. The molecular formula is C13H19N3O2. The Morgan fingerprint density at radius 3 is 3.06 bits per heavy atom. The molecule has 2 fully saturated rings. The van der Waals surface area contributed by atoms with Gasteiger partial charge >= 0.3 is 5.91 Å². The zero-order valence-corrected chi connectivity index (χ0v) is 10.6. The van der Waals surface area contributed by atoms with Crippen LogP contribution in [0.2, 0.25) is 0 Å². The molecule has 2 aliphatic rings. The Morgan fingerprint density at radius 1 is 1.61 bits per heavy atom. The van der Waals surface area contributed by atoms with Gasteiger partial charge in [-0.2, -0.15) is 0 Å². The summed E-state index contributed by atoms with van der Waals surface area (Å²) >= 11 is 0. The van der Waals surface area contributed by atoms with Gasteiger partial charge in [0.15, 0.2) is 5.76 Å². The SMILES string of the molecule is Cc1cc(CN2CC3CCC2C3)oc1C(=O)NN. The number of aryl methyl sites for hydroxylation is 1. The first-order valence-electron chi connectivity index (χ1n) is 6.51. The lowest BCUT2D eigenvalue weighted by Crippen LogP contribution is -2.31. The Balaban J connectivity index is 1.72. The molecule has 5 heteroatoms. The fourth-order valence-electron chi connectivity index (χ4n) is 3.34. The number of fused-ring (bicyclic) bond motifs is 2. The number of carbonyl (C=O) groups is 1. The average Bonchev–Trinajstić information content (AvgIpc) is 3.04. The van der Waals surface area contributed by atoms with Gasteiger partial charge in [-0.05, 0) is 38.2 Å². The number of amides is 1. The largest absolute Gasteiger partial charge is 0.454 e. The van der Waals surface area contributed by atoms with Crippen LogP contribution in [0.25, 0.3) is 0 Å². The molecule has 98 valence electrons. The minimum Gasteiger partial charge on any atom is -0.454 e. The van der Waals surface area contributed by atoms with Gasteiger partial charge in [0, 0.05) is 18.2 Å². The Labute approximate surface area is 106 Å². The van der Waals surface area contributed by atoms with E-state index in [1.54, 1.807) is 0 Å². The van der Waals surface area contributed by atoms with Gasteiger partial charge in [0.2, 0.25) is 0 Å². The standard InChI is InChI=1S/C13H19N3O2/c1-8-4-11(18-12(8)13(17)15-14)7-16-6-9-2-3-10(16)5-9/h4,9-10H,2-3,5-7,14H2,1H3,(H,15,17). The highest BCUT2D eigenvalue weighted by Crippen LogP contribution is 2.38. The number of carbonyl (C=O) groups excluding carboxylic acids is 1. The van der Waals surface area contributed by atoms with Crippen LogP contribution in [-0.4, -0.2) is 23.4 Å². The Kier molecular flexibility index (Phi) is 2.87. The van der Waals surface area contributed by atoms with Crippen LogP contribution < -0.4 is 11.3 Å². The normalized spacial score (nSPS) is 26.8. The number of nitrogens with one attached hydrogen (secondary N) is 1. The van der Waals surface area contributed by atoms with Gasteiger partial charge in [0.25, 0.3) is 0 Å². The number of rotatable bonds is 3. The van der Waals surface area contributed by atoms with Crippen LogP contribution >= 0.6 is 0 Å². The van der Waals surface area contributed by atoms with Gasteiger partial charge in [-0.1, -0.05) is 0 Å². The maximum Gasteiger partial charge on any atom is 0.301 e. The maximum absolute atomic E-state index is 11.5. The zero-order chi connectivity index (χ0) is 12.7. The fourth-order valence-corrected chi connectivity index (χ4v) is 3.34. The van der Waals surface area contributed by atoms with Gasteiger partial charge < -0.3 is 4.42 Å². The van der Waals surface area contributed by atoms with E-state index in [0.29, 0.717) is 11.8 Å². The van der Waals surface area contributed by atoms with E-state index in [2.05, 4.69) is 10.3 Å². The molecule has 1 aliphatic heterocycles. The van der Waals surface area contributed by atoms with Gasteiger partial charge in [-0.25, -0.2) is 5.84 Å². The molecule has 0 spiro atoms. The molecule has 2 atom stereocenters. The van der Waals surface area contributed by atoms with Crippen LogP contribution in [0.15, 0.2) is 10.5 Å². The van der Waals surface area contributed by atoms with Crippen molar-refractivity contribution in [2.45, 2.75) is 38.8 Å². The molecule has 2 unspecified atom stereocenters. The minimum absolute atomic E-state index is 0.330. The molecule has 1 aromatic heterocycles. The van der Waals surface area contributed by atoms with Gasteiger partial charge in [0.1, 0.15) is 5.76 Å². The highest BCUT2D eigenvalue weighted by atomic mass is 16.4. The number of furan rings is 1. The van der Waals surface area contributed by atoms with Gasteiger partial charge in [-0.3, -0.25) is 15.1 Å². The first-order chi connectivity index (χ1) is 8.67. The summed E-state index contributed by atoms with van der Waals surface area (Å²) in [6.45, 7) is 3.84. The molecule has 3 N–H and O–H groups in total. The summed E-state index contributed by atoms with van der Waals surface area (Å²) in [6.07, 6.45) is 4.01. The van der Waals surface area contributed by atoms with Crippen molar-refractivity contribution >= 4 is 5.91 Å². The molecular weight excluding hydrogens is 230 g/mol. The van der Waals surface area contributed by atoms with E-state index in [0.717, 1.165) is 23.8 Å². The summed E-state index contributed by atoms with van der Waals surface area (Å²) in [4.78, 5) is 13.9. The van der Waals surface area contributed by atoms with E-state index < -0.39 is 0 Å². The van der Waals surface area contributed by atoms with E-state index >= 15 is 0 Å². The smallest absolute Gasteiger partial charge is 0.301 e. The topological polar surface area (TPSA) is 71.5 Å². The second kappa shape index (κ2) is 4.40.